The second-order valence-corrected chi connectivity index (χ2v) is 8.49. The van der Waals surface area contributed by atoms with E-state index < -0.39 is 17.6 Å². The largest absolute Gasteiger partial charge is 0.352 e. The van der Waals surface area contributed by atoms with Gasteiger partial charge in [0.25, 0.3) is 0 Å². The van der Waals surface area contributed by atoms with Gasteiger partial charge in [-0.05, 0) is 56.8 Å². The van der Waals surface area contributed by atoms with E-state index in [-0.39, 0.29) is 6.04 Å². The maximum absolute atomic E-state index is 11.0. The van der Waals surface area contributed by atoms with Gasteiger partial charge in [-0.1, -0.05) is 0 Å². The van der Waals surface area contributed by atoms with Crippen molar-refractivity contribution in [3.8, 4) is 0 Å². The van der Waals surface area contributed by atoms with Crippen LogP contribution in [-0.2, 0) is 14.5 Å². The van der Waals surface area contributed by atoms with Crippen molar-refractivity contribution < 1.29 is 19.3 Å². The van der Waals surface area contributed by atoms with E-state index in [1.54, 1.807) is 0 Å². The van der Waals surface area contributed by atoms with Gasteiger partial charge in [0, 0.05) is 30.7 Å². The Labute approximate surface area is 136 Å². The first-order valence-electron chi connectivity index (χ1n) is 9.20. The van der Waals surface area contributed by atoms with Crippen LogP contribution < -0.4 is 11.1 Å². The highest BCUT2D eigenvalue weighted by Crippen LogP contribution is 2.63. The summed E-state index contributed by atoms with van der Waals surface area (Å²) in [5.41, 5.74) is 5.22. The molecule has 1 aliphatic heterocycles. The first kappa shape index (κ1) is 14.5. The third kappa shape index (κ3) is 2.14. The zero-order valence-electron chi connectivity index (χ0n) is 13.5. The number of nitrogens with one attached hydrogen (secondary N) is 1. The van der Waals surface area contributed by atoms with Crippen molar-refractivity contribution in [1.82, 2.24) is 5.32 Å². The molecule has 6 heteroatoms. The maximum Gasteiger partial charge on any atom is 0.312 e. The van der Waals surface area contributed by atoms with Crippen molar-refractivity contribution in [2.75, 3.05) is 0 Å². The van der Waals surface area contributed by atoms with Crippen LogP contribution in [0.1, 0.15) is 57.8 Å². The highest BCUT2D eigenvalue weighted by Gasteiger charge is 2.66. The Morgan fingerprint density at radius 1 is 0.957 bits per heavy atom. The fourth-order valence-corrected chi connectivity index (χ4v) is 6.20. The molecule has 6 rings (SSSR count). The number of hydrogen-bond acceptors (Lipinski definition) is 4. The van der Waals surface area contributed by atoms with Gasteiger partial charge in [-0.3, -0.25) is 0 Å². The summed E-state index contributed by atoms with van der Waals surface area (Å²) < 4.78 is 6.62. The number of urea groups is 1. The fourth-order valence-electron chi connectivity index (χ4n) is 6.20. The molecule has 0 unspecified atom stereocenters. The van der Waals surface area contributed by atoms with E-state index in [9.17, 15) is 4.79 Å². The molecule has 0 radical (unpaired) electrons. The highest BCUT2D eigenvalue weighted by atomic mass is 17.3. The number of primary amides is 1. The summed E-state index contributed by atoms with van der Waals surface area (Å²) in [6.07, 6.45) is 9.51. The lowest BCUT2D eigenvalue weighted by Crippen LogP contribution is -2.59. The monoisotopic (exact) mass is 322 g/mol. The lowest BCUT2D eigenvalue weighted by molar-refractivity contribution is -0.390. The molecule has 1 heterocycles. The lowest BCUT2D eigenvalue weighted by Gasteiger charge is -2.57. The second kappa shape index (κ2) is 4.83. The number of ether oxygens (including phenoxy) is 1. The maximum atomic E-state index is 11.0. The summed E-state index contributed by atoms with van der Waals surface area (Å²) in [6, 6.07) is -0.326. The van der Waals surface area contributed by atoms with E-state index in [0.29, 0.717) is 11.8 Å². The molecule has 5 aliphatic carbocycles. The van der Waals surface area contributed by atoms with Crippen LogP contribution in [0, 0.1) is 23.7 Å². The molecule has 0 aromatic rings. The number of carbonyl (C=O) groups is 1. The van der Waals surface area contributed by atoms with Gasteiger partial charge in [0.1, 0.15) is 0 Å². The van der Waals surface area contributed by atoms with Crippen molar-refractivity contribution in [2.45, 2.75) is 75.4 Å². The van der Waals surface area contributed by atoms with Gasteiger partial charge in [-0.15, -0.1) is 0 Å². The molecule has 6 fully saturated rings. The number of nitrogens with two attached hydrogens (primary N) is 1. The number of carbonyl (C=O) groups excluding carboxylic acids is 1. The average Bonchev–Trinajstić information content (AvgIpc) is 2.87. The Morgan fingerprint density at radius 3 is 2.13 bits per heavy atom. The lowest BCUT2D eigenvalue weighted by atomic mass is 9.53. The molecule has 6 aliphatic rings. The first-order valence-corrected chi connectivity index (χ1v) is 9.20. The molecular formula is C17H26N2O4. The molecule has 4 bridgehead atoms. The van der Waals surface area contributed by atoms with Crippen molar-refractivity contribution >= 4 is 6.03 Å². The number of amides is 2. The van der Waals surface area contributed by atoms with Crippen LogP contribution in [0.2, 0.25) is 0 Å². The molecule has 0 aromatic carbocycles. The van der Waals surface area contributed by atoms with Crippen LogP contribution in [0.5, 0.6) is 0 Å². The Hall–Kier alpha value is -0.850. The first-order chi connectivity index (χ1) is 11.1. The third-order valence-corrected chi connectivity index (χ3v) is 7.04. The molecule has 2 spiro atoms. The fraction of sp³-hybridized carbons (Fsp3) is 0.941. The summed E-state index contributed by atoms with van der Waals surface area (Å²) in [6.45, 7) is 0. The van der Waals surface area contributed by atoms with Crippen LogP contribution in [0.15, 0.2) is 0 Å². The number of rotatable bonds is 1. The zero-order chi connectivity index (χ0) is 15.7. The minimum atomic E-state index is -0.606. The van der Waals surface area contributed by atoms with Gasteiger partial charge in [0.2, 0.25) is 11.6 Å². The predicted octanol–water partition coefficient (Wildman–Crippen LogP) is 2.42. The van der Waals surface area contributed by atoms with Crippen molar-refractivity contribution in [1.29, 1.82) is 0 Å². The molecular weight excluding hydrogens is 296 g/mol. The molecule has 0 atom stereocenters. The summed E-state index contributed by atoms with van der Waals surface area (Å²) in [5, 5.41) is 2.80. The van der Waals surface area contributed by atoms with Crippen molar-refractivity contribution in [2.24, 2.45) is 29.4 Å². The summed E-state index contributed by atoms with van der Waals surface area (Å²) in [5.74, 6) is 1.66. The standard InChI is InChI=1S/C17H26N2O4/c18-15(20)19-14-1-3-16(4-2-14)21-17(23-22-16)12-6-10-5-11(8-12)9-13(17)7-10/h10-14H,1-9H2,(H3,18,19,20). The summed E-state index contributed by atoms with van der Waals surface area (Å²) >= 11 is 0. The van der Waals surface area contributed by atoms with Crippen molar-refractivity contribution in [3.63, 3.8) is 0 Å². The Kier molecular flexibility index (Phi) is 3.05. The van der Waals surface area contributed by atoms with Crippen LogP contribution in [0.4, 0.5) is 4.79 Å². The van der Waals surface area contributed by atoms with E-state index in [4.69, 9.17) is 20.2 Å². The van der Waals surface area contributed by atoms with Gasteiger partial charge in [-0.2, -0.15) is 9.78 Å². The van der Waals surface area contributed by atoms with E-state index in [1.165, 1.54) is 32.1 Å². The molecule has 5 saturated carbocycles. The smallest absolute Gasteiger partial charge is 0.312 e. The Bertz CT molecular complexity index is 487. The number of hydrogen-bond donors (Lipinski definition) is 2. The average molecular weight is 322 g/mol. The van der Waals surface area contributed by atoms with Gasteiger partial charge in [-0.25, -0.2) is 4.79 Å². The van der Waals surface area contributed by atoms with Crippen LogP contribution in [0.3, 0.4) is 0 Å². The summed E-state index contributed by atoms with van der Waals surface area (Å²) in [4.78, 5) is 22.9. The molecule has 6 nitrogen and oxygen atoms in total. The van der Waals surface area contributed by atoms with Gasteiger partial charge >= 0.3 is 6.03 Å². The zero-order valence-corrected chi connectivity index (χ0v) is 13.5. The van der Waals surface area contributed by atoms with Gasteiger partial charge in [0.05, 0.1) is 0 Å². The van der Waals surface area contributed by atoms with E-state index in [0.717, 1.165) is 37.5 Å². The third-order valence-electron chi connectivity index (χ3n) is 7.04. The molecule has 3 N–H and O–H groups in total. The van der Waals surface area contributed by atoms with Gasteiger partial charge < -0.3 is 15.8 Å². The predicted molar refractivity (Wildman–Crippen MR) is 80.7 cm³/mol. The minimum Gasteiger partial charge on any atom is -0.352 e. The van der Waals surface area contributed by atoms with Crippen LogP contribution in [-0.4, -0.2) is 23.6 Å². The normalized spacial score (nSPS) is 54.0. The molecule has 23 heavy (non-hydrogen) atoms. The highest BCUT2D eigenvalue weighted by molar-refractivity contribution is 5.71. The molecule has 128 valence electrons. The molecule has 0 aromatic heterocycles. The van der Waals surface area contributed by atoms with E-state index in [1.807, 2.05) is 0 Å². The summed E-state index contributed by atoms with van der Waals surface area (Å²) in [7, 11) is 0. The topological polar surface area (TPSA) is 82.8 Å². The Balaban J connectivity index is 1.31. The molecule has 1 saturated heterocycles. The van der Waals surface area contributed by atoms with Gasteiger partial charge in [0.15, 0.2) is 0 Å². The quantitative estimate of drug-likeness (QED) is 0.726. The van der Waals surface area contributed by atoms with E-state index in [2.05, 4.69) is 5.32 Å². The SMILES string of the molecule is NC(=O)NC1CCC2(CC1)OOC1(O2)C2CC3CC(C2)CC1C3. The van der Waals surface area contributed by atoms with E-state index >= 15 is 0 Å². The van der Waals surface area contributed by atoms with Crippen LogP contribution >= 0.6 is 0 Å². The van der Waals surface area contributed by atoms with Crippen molar-refractivity contribution in [3.05, 3.63) is 0 Å². The molecule has 2 amide bonds. The van der Waals surface area contributed by atoms with Crippen LogP contribution in [0.25, 0.3) is 0 Å². The minimum absolute atomic E-state index is 0.125. The second-order valence-electron chi connectivity index (χ2n) is 8.49. The Morgan fingerprint density at radius 2 is 1.57 bits per heavy atom.